The summed E-state index contributed by atoms with van der Waals surface area (Å²) in [6.45, 7) is 10.6. The van der Waals surface area contributed by atoms with Crippen molar-refractivity contribution in [1.29, 1.82) is 0 Å². The van der Waals surface area contributed by atoms with Crippen LogP contribution in [0.15, 0.2) is 146 Å². The molecule has 13 heteroatoms. The molecule has 6 aromatic rings. The number of esters is 2. The molecule has 3 N–H and O–H groups in total. The molecule has 8 nitrogen and oxygen atoms in total. The summed E-state index contributed by atoms with van der Waals surface area (Å²) in [5.74, 6) is -1.29. The summed E-state index contributed by atoms with van der Waals surface area (Å²) in [5.41, 5.74) is 11.0. The van der Waals surface area contributed by atoms with Crippen molar-refractivity contribution in [3.05, 3.63) is 190 Å². The minimum absolute atomic E-state index is 0.00323. The highest BCUT2D eigenvalue weighted by molar-refractivity contribution is 6.48. The lowest BCUT2D eigenvalue weighted by Crippen LogP contribution is -2.41. The molecule has 0 aliphatic carbocycles. The molecule has 0 aliphatic heterocycles. The Kier molecular flexibility index (Phi) is 22.3. The molecule has 0 radical (unpaired) electrons. The summed E-state index contributed by atoms with van der Waals surface area (Å²) in [6.07, 6.45) is 2.64. The summed E-state index contributed by atoms with van der Waals surface area (Å²) in [7, 11) is 0. The van der Waals surface area contributed by atoms with Crippen LogP contribution in [0.1, 0.15) is 62.8 Å². The Hall–Kier alpha value is -5.40. The fourth-order valence-corrected chi connectivity index (χ4v) is 8.92. The lowest BCUT2D eigenvalue weighted by molar-refractivity contribution is -0.162. The van der Waals surface area contributed by atoms with Gasteiger partial charge in [0.05, 0.1) is 24.0 Å². The molecule has 0 spiro atoms. The predicted molar refractivity (Wildman–Crippen MR) is 282 cm³/mol. The third-order valence-electron chi connectivity index (χ3n) is 12.2. The van der Waals surface area contributed by atoms with Gasteiger partial charge in [-0.15, -0.1) is 0 Å². The van der Waals surface area contributed by atoms with Crippen molar-refractivity contribution in [2.24, 2.45) is 22.5 Å². The van der Waals surface area contributed by atoms with Gasteiger partial charge in [-0.3, -0.25) is 9.59 Å². The van der Waals surface area contributed by atoms with E-state index in [-0.39, 0.29) is 62.0 Å². The van der Waals surface area contributed by atoms with Crippen molar-refractivity contribution in [3.63, 3.8) is 0 Å². The molecule has 6 rings (SSSR count). The first-order valence-corrected chi connectivity index (χ1v) is 24.9. The summed E-state index contributed by atoms with van der Waals surface area (Å²) >= 11 is 12.1. The number of nitrogens with two attached hydrogens (primary N) is 1. The maximum Gasteiger partial charge on any atom is 0.314 e. The van der Waals surface area contributed by atoms with Gasteiger partial charge in [0.15, 0.2) is 0 Å². The number of hydrogen-bond acceptors (Lipinski definition) is 8. The van der Waals surface area contributed by atoms with Gasteiger partial charge in [0.1, 0.15) is 24.8 Å². The smallest absolute Gasteiger partial charge is 0.314 e. The molecule has 4 atom stereocenters. The first-order chi connectivity index (χ1) is 34.0. The highest BCUT2D eigenvalue weighted by atomic mass is 35.5. The summed E-state index contributed by atoms with van der Waals surface area (Å²) < 4.78 is 51.1. The lowest BCUT2D eigenvalue weighted by atomic mass is 9.60. The van der Waals surface area contributed by atoms with E-state index < -0.39 is 17.7 Å². The van der Waals surface area contributed by atoms with Gasteiger partial charge in [-0.05, 0) is 135 Å². The number of carbonyl (C=O) groups is 2. The van der Waals surface area contributed by atoms with Crippen molar-refractivity contribution < 1.29 is 42.3 Å². The predicted octanol–water partition coefficient (Wildman–Crippen LogP) is 13.3. The van der Waals surface area contributed by atoms with Gasteiger partial charge in [-0.1, -0.05) is 139 Å². The Labute approximate surface area is 428 Å². The molecule has 0 bridgehead atoms. The van der Waals surface area contributed by atoms with Crippen LogP contribution in [0.3, 0.4) is 0 Å². The fraction of sp³-hybridized carbons (Fsp3) is 0.345. The van der Waals surface area contributed by atoms with E-state index in [0.29, 0.717) is 66.4 Å². The van der Waals surface area contributed by atoms with Crippen LogP contribution in [0.4, 0.5) is 8.78 Å². The average molecular weight is 1010 g/mol. The molecule has 0 aromatic heterocycles. The number of benzene rings is 6. The van der Waals surface area contributed by atoms with Gasteiger partial charge in [0.2, 0.25) is 0 Å². The zero-order valence-electron chi connectivity index (χ0n) is 41.4. The Morgan fingerprint density at radius 3 is 1.42 bits per heavy atom. The second-order valence-corrected chi connectivity index (χ2v) is 19.6. The Balaban J connectivity index is 0.000000265. The third kappa shape index (κ3) is 18.0. The second-order valence-electron chi connectivity index (χ2n) is 18.7. The maximum absolute atomic E-state index is 14.3. The minimum atomic E-state index is -0.867. The Bertz CT molecular complexity index is 2570. The van der Waals surface area contributed by atoms with Crippen LogP contribution in [0.5, 0.6) is 0 Å². The van der Waals surface area contributed by atoms with Crippen LogP contribution < -0.4 is 5.73 Å². The average Bonchev–Trinajstić information content (AvgIpc) is 3.36. The molecular formula is C58H66BCl2F2NO7. The SMILES string of the molecule is CCOC[C@](C)(C[C@H](CB(C)O)Cc1ccc(-c2cc(Cl)ccc2F)cc1)C(=O)OCc1ccccc1.CCOC[C@](C)(C[C@H](N)Cc1ccc(-c2cc(Cl)ccc2F)cc1)C(=O)OCc1ccccc1. The molecule has 0 aliphatic rings. The summed E-state index contributed by atoms with van der Waals surface area (Å²) in [5, 5.41) is 11.2. The van der Waals surface area contributed by atoms with Crippen molar-refractivity contribution in [1.82, 2.24) is 0 Å². The van der Waals surface area contributed by atoms with Crippen LogP contribution in [0.25, 0.3) is 22.3 Å². The van der Waals surface area contributed by atoms with E-state index in [1.165, 1.54) is 24.3 Å². The highest BCUT2D eigenvalue weighted by Gasteiger charge is 2.39. The number of ether oxygens (including phenoxy) is 4. The van der Waals surface area contributed by atoms with Gasteiger partial charge < -0.3 is 29.7 Å². The first-order valence-electron chi connectivity index (χ1n) is 24.1. The topological polar surface area (TPSA) is 117 Å². The van der Waals surface area contributed by atoms with E-state index in [0.717, 1.165) is 33.4 Å². The highest BCUT2D eigenvalue weighted by Crippen LogP contribution is 2.35. The van der Waals surface area contributed by atoms with Gasteiger partial charge in [-0.25, -0.2) is 8.78 Å². The van der Waals surface area contributed by atoms with Crippen LogP contribution >= 0.6 is 23.2 Å². The fourth-order valence-electron chi connectivity index (χ4n) is 8.58. The Morgan fingerprint density at radius 2 is 1.01 bits per heavy atom. The molecule has 376 valence electrons. The number of halogens is 4. The quantitative estimate of drug-likeness (QED) is 0.0455. The molecular weight excluding hydrogens is 942 g/mol. The standard InChI is InChI=1S/C30H35BClFO4.C28H31ClFNO3/c1-4-36-21-30(2,29(34)37-20-23-8-6-5-7-9-23)18-24(19-31(3)35)16-22-10-12-25(13-11-22)27-17-26(32)14-15-28(27)33;1-3-33-19-28(2,27(32)34-18-21-7-5-4-6-8-21)17-24(31)15-20-9-11-22(12-10-20)25-16-23(29)13-14-26(25)30/h5-15,17,24,35H,4,16,18-21H2,1-3H3;4-14,16,24H,3,15,17-19,31H2,1-2H3/t24-,30+;24-,28+/m11/s1. The van der Waals surface area contributed by atoms with Gasteiger partial charge >= 0.3 is 11.9 Å². The first kappa shape index (κ1) is 56.5. The Morgan fingerprint density at radius 1 is 0.606 bits per heavy atom. The number of rotatable bonds is 24. The molecule has 0 heterocycles. The molecule has 6 aromatic carbocycles. The van der Waals surface area contributed by atoms with E-state index in [2.05, 4.69) is 0 Å². The van der Waals surface area contributed by atoms with Crippen molar-refractivity contribution in [2.75, 3.05) is 26.4 Å². The van der Waals surface area contributed by atoms with Crippen LogP contribution in [-0.2, 0) is 54.6 Å². The normalized spacial score (nSPS) is 13.7. The molecule has 0 saturated heterocycles. The minimum Gasteiger partial charge on any atom is -0.460 e. The number of carbonyl (C=O) groups excluding carboxylic acids is 2. The van der Waals surface area contributed by atoms with Gasteiger partial charge in [0, 0.05) is 40.4 Å². The van der Waals surface area contributed by atoms with E-state index in [9.17, 15) is 23.4 Å². The van der Waals surface area contributed by atoms with Gasteiger partial charge in [0.25, 0.3) is 6.92 Å². The summed E-state index contributed by atoms with van der Waals surface area (Å²) in [4.78, 5) is 26.3. The summed E-state index contributed by atoms with van der Waals surface area (Å²) in [6, 6.07) is 43.0. The molecule has 0 unspecified atom stereocenters. The van der Waals surface area contributed by atoms with Crippen molar-refractivity contribution in [3.8, 4) is 22.3 Å². The molecule has 0 saturated carbocycles. The maximum atomic E-state index is 14.3. The number of hydrogen-bond donors (Lipinski definition) is 2. The zero-order valence-corrected chi connectivity index (χ0v) is 42.9. The van der Waals surface area contributed by atoms with Crippen LogP contribution in [0.2, 0.25) is 23.2 Å². The van der Waals surface area contributed by atoms with E-state index in [1.54, 1.807) is 19.0 Å². The van der Waals surface area contributed by atoms with E-state index in [1.807, 2.05) is 137 Å². The van der Waals surface area contributed by atoms with E-state index >= 15 is 0 Å². The largest absolute Gasteiger partial charge is 0.460 e. The molecule has 0 amide bonds. The second kappa shape index (κ2) is 28.0. The van der Waals surface area contributed by atoms with Crippen molar-refractivity contribution >= 4 is 42.1 Å². The van der Waals surface area contributed by atoms with Crippen LogP contribution in [-0.4, -0.2) is 56.3 Å². The lowest BCUT2D eigenvalue weighted by Gasteiger charge is -2.31. The zero-order chi connectivity index (χ0) is 51.4. The third-order valence-corrected chi connectivity index (χ3v) is 12.7. The van der Waals surface area contributed by atoms with E-state index in [4.69, 9.17) is 47.9 Å². The van der Waals surface area contributed by atoms with Crippen LogP contribution in [0, 0.1) is 28.4 Å². The molecule has 0 fully saturated rings. The van der Waals surface area contributed by atoms with Gasteiger partial charge in [-0.2, -0.15) is 0 Å². The molecule has 71 heavy (non-hydrogen) atoms. The monoisotopic (exact) mass is 1010 g/mol. The van der Waals surface area contributed by atoms with Crippen molar-refractivity contribution in [2.45, 2.75) is 85.8 Å².